The van der Waals surface area contributed by atoms with E-state index in [4.69, 9.17) is 21.1 Å². The number of ether oxygens (including phenoxy) is 2. The highest BCUT2D eigenvalue weighted by atomic mass is 35.5. The van der Waals surface area contributed by atoms with E-state index in [1.54, 1.807) is 36.4 Å². The van der Waals surface area contributed by atoms with Crippen molar-refractivity contribution in [2.75, 3.05) is 31.3 Å². The molecule has 0 radical (unpaired) electrons. The second-order valence-electron chi connectivity index (χ2n) is 9.33. The Kier molecular flexibility index (Phi) is 10.3. The van der Waals surface area contributed by atoms with E-state index in [-0.39, 0.29) is 29.9 Å². The molecule has 38 heavy (non-hydrogen) atoms. The molecule has 9 nitrogen and oxygen atoms in total. The minimum Gasteiger partial charge on any atom is -0.497 e. The Balaban J connectivity index is 1.99. The van der Waals surface area contributed by atoms with Gasteiger partial charge in [0.05, 0.1) is 26.2 Å². The smallest absolute Gasteiger partial charge is 0.244 e. The predicted octanol–water partition coefficient (Wildman–Crippen LogP) is 3.99. The van der Waals surface area contributed by atoms with E-state index in [0.29, 0.717) is 22.8 Å². The first-order valence-corrected chi connectivity index (χ1v) is 14.8. The van der Waals surface area contributed by atoms with Crippen LogP contribution in [0.2, 0.25) is 5.02 Å². The lowest BCUT2D eigenvalue weighted by molar-refractivity contribution is -0.140. The Morgan fingerprint density at radius 1 is 1.11 bits per heavy atom. The largest absolute Gasteiger partial charge is 0.497 e. The Hall–Kier alpha value is -2.98. The quantitative estimate of drug-likeness (QED) is 0.417. The van der Waals surface area contributed by atoms with Gasteiger partial charge in [0, 0.05) is 23.7 Å². The molecule has 3 rings (SSSR count). The fourth-order valence-corrected chi connectivity index (χ4v) is 5.72. The van der Waals surface area contributed by atoms with Gasteiger partial charge in [-0.15, -0.1) is 0 Å². The number of halogens is 1. The number of nitrogens with zero attached hydrogens (tertiary/aromatic N) is 2. The number of anilines is 1. The summed E-state index contributed by atoms with van der Waals surface area (Å²) in [7, 11) is -1.06. The van der Waals surface area contributed by atoms with Crippen molar-refractivity contribution in [2.24, 2.45) is 0 Å². The molecule has 2 aromatic carbocycles. The fraction of sp³-hybridized carbons (Fsp3) is 0.481. The molecular weight excluding hydrogens is 530 g/mol. The van der Waals surface area contributed by atoms with Crippen LogP contribution in [-0.2, 0) is 26.2 Å². The molecule has 2 aromatic rings. The zero-order chi connectivity index (χ0) is 27.9. The third-order valence-corrected chi connectivity index (χ3v) is 8.22. The predicted molar refractivity (Wildman–Crippen MR) is 148 cm³/mol. The van der Waals surface area contributed by atoms with E-state index in [1.807, 2.05) is 6.92 Å². The molecular formula is C27H36ClN3O6S. The average molecular weight is 566 g/mol. The van der Waals surface area contributed by atoms with E-state index in [1.165, 1.54) is 25.2 Å². The van der Waals surface area contributed by atoms with Gasteiger partial charge in [0.2, 0.25) is 21.8 Å². The van der Waals surface area contributed by atoms with Gasteiger partial charge >= 0.3 is 0 Å². The number of rotatable bonds is 12. The molecule has 1 N–H and O–H groups in total. The van der Waals surface area contributed by atoms with E-state index < -0.39 is 28.5 Å². The summed E-state index contributed by atoms with van der Waals surface area (Å²) in [6.07, 6.45) is 5.26. The maximum atomic E-state index is 13.9. The third-order valence-electron chi connectivity index (χ3n) is 6.72. The number of hydrogen-bond acceptors (Lipinski definition) is 6. The number of hydrogen-bond donors (Lipinski definition) is 1. The second-order valence-corrected chi connectivity index (χ2v) is 11.6. The summed E-state index contributed by atoms with van der Waals surface area (Å²) in [4.78, 5) is 28.7. The van der Waals surface area contributed by atoms with Crippen LogP contribution in [0.25, 0.3) is 0 Å². The van der Waals surface area contributed by atoms with Gasteiger partial charge in [0.25, 0.3) is 0 Å². The monoisotopic (exact) mass is 565 g/mol. The Morgan fingerprint density at radius 3 is 2.37 bits per heavy atom. The van der Waals surface area contributed by atoms with Gasteiger partial charge in [-0.1, -0.05) is 49.6 Å². The standard InChI is InChI=1S/C27H36ClN3O6S/c1-5-23(27(33)29-20-11-7-8-12-20)30(17-19-10-6-9-13-22(19)28)26(32)18-31(38(4,34)35)24-16-21(36-2)14-15-25(24)37-3/h6,9-10,13-16,20,23H,5,7-8,11-12,17-18H2,1-4H3,(H,29,33)/t23-/m0/s1. The zero-order valence-electron chi connectivity index (χ0n) is 22.3. The Morgan fingerprint density at radius 2 is 1.79 bits per heavy atom. The minimum atomic E-state index is -3.93. The van der Waals surface area contributed by atoms with Crippen LogP contribution < -0.4 is 19.1 Å². The number of carbonyl (C=O) groups is 2. The van der Waals surface area contributed by atoms with Crippen LogP contribution >= 0.6 is 11.6 Å². The van der Waals surface area contributed by atoms with Crippen LogP contribution in [0.5, 0.6) is 11.5 Å². The van der Waals surface area contributed by atoms with Crippen molar-refractivity contribution in [3.8, 4) is 11.5 Å². The summed E-state index contributed by atoms with van der Waals surface area (Å²) >= 11 is 6.41. The van der Waals surface area contributed by atoms with Crippen LogP contribution in [0.1, 0.15) is 44.6 Å². The van der Waals surface area contributed by atoms with Crippen LogP contribution in [0.15, 0.2) is 42.5 Å². The van der Waals surface area contributed by atoms with Crippen molar-refractivity contribution >= 4 is 39.1 Å². The molecule has 208 valence electrons. The zero-order valence-corrected chi connectivity index (χ0v) is 23.8. The van der Waals surface area contributed by atoms with E-state index in [0.717, 1.165) is 36.2 Å². The number of nitrogens with one attached hydrogen (secondary N) is 1. The normalized spacial score (nSPS) is 14.6. The summed E-state index contributed by atoms with van der Waals surface area (Å²) < 4.78 is 37.5. The molecule has 11 heteroatoms. The number of benzene rings is 2. The van der Waals surface area contributed by atoms with Gasteiger partial charge in [0.1, 0.15) is 24.1 Å². The first-order valence-electron chi connectivity index (χ1n) is 12.6. The minimum absolute atomic E-state index is 0.0436. The van der Waals surface area contributed by atoms with Crippen LogP contribution in [-0.4, -0.2) is 64.2 Å². The van der Waals surface area contributed by atoms with Crippen molar-refractivity contribution in [1.82, 2.24) is 10.2 Å². The average Bonchev–Trinajstić information content (AvgIpc) is 3.40. The lowest BCUT2D eigenvalue weighted by Gasteiger charge is -2.33. The molecule has 0 unspecified atom stereocenters. The molecule has 1 fully saturated rings. The topological polar surface area (TPSA) is 105 Å². The van der Waals surface area contributed by atoms with Gasteiger partial charge in [-0.2, -0.15) is 0 Å². The molecule has 1 aliphatic rings. The van der Waals surface area contributed by atoms with Crippen molar-refractivity contribution in [3.05, 3.63) is 53.1 Å². The lowest BCUT2D eigenvalue weighted by atomic mass is 10.1. The first kappa shape index (κ1) is 29.6. The van der Waals surface area contributed by atoms with Crippen LogP contribution in [0.3, 0.4) is 0 Å². The van der Waals surface area contributed by atoms with Crippen LogP contribution in [0.4, 0.5) is 5.69 Å². The maximum Gasteiger partial charge on any atom is 0.244 e. The molecule has 2 amide bonds. The van der Waals surface area contributed by atoms with Gasteiger partial charge in [-0.3, -0.25) is 13.9 Å². The summed E-state index contributed by atoms with van der Waals surface area (Å²) in [6.45, 7) is 1.33. The highest BCUT2D eigenvalue weighted by Gasteiger charge is 2.34. The van der Waals surface area contributed by atoms with Gasteiger partial charge in [-0.25, -0.2) is 8.42 Å². The highest BCUT2D eigenvalue weighted by molar-refractivity contribution is 7.92. The van der Waals surface area contributed by atoms with Crippen molar-refractivity contribution in [2.45, 2.75) is 57.7 Å². The highest BCUT2D eigenvalue weighted by Crippen LogP contribution is 2.34. The molecule has 0 spiro atoms. The summed E-state index contributed by atoms with van der Waals surface area (Å²) in [5.41, 5.74) is 0.809. The van der Waals surface area contributed by atoms with Gasteiger partial charge in [-0.05, 0) is 43.0 Å². The summed E-state index contributed by atoms with van der Waals surface area (Å²) in [5, 5.41) is 3.53. The van der Waals surface area contributed by atoms with Gasteiger partial charge in [0.15, 0.2) is 0 Å². The molecule has 1 aliphatic carbocycles. The van der Waals surface area contributed by atoms with Gasteiger partial charge < -0.3 is 19.7 Å². The Labute approximate surface area is 230 Å². The number of methoxy groups -OCH3 is 2. The van der Waals surface area contributed by atoms with Crippen molar-refractivity contribution in [1.29, 1.82) is 0 Å². The van der Waals surface area contributed by atoms with E-state index in [2.05, 4.69) is 5.32 Å². The Bertz CT molecular complexity index is 1230. The van der Waals surface area contributed by atoms with E-state index in [9.17, 15) is 18.0 Å². The maximum absolute atomic E-state index is 13.9. The second kappa shape index (κ2) is 13.2. The molecule has 1 saturated carbocycles. The summed E-state index contributed by atoms with van der Waals surface area (Å²) in [5.74, 6) is -0.150. The molecule has 0 bridgehead atoms. The number of carbonyl (C=O) groups excluding carboxylic acids is 2. The molecule has 0 heterocycles. The van der Waals surface area contributed by atoms with Crippen molar-refractivity contribution < 1.29 is 27.5 Å². The number of sulfonamides is 1. The third kappa shape index (κ3) is 7.32. The SMILES string of the molecule is CC[C@@H](C(=O)NC1CCCC1)N(Cc1ccccc1Cl)C(=O)CN(c1cc(OC)ccc1OC)S(C)(=O)=O. The van der Waals surface area contributed by atoms with E-state index >= 15 is 0 Å². The van der Waals surface area contributed by atoms with Crippen LogP contribution in [0, 0.1) is 0 Å². The number of amides is 2. The summed E-state index contributed by atoms with van der Waals surface area (Å²) in [6, 6.07) is 11.0. The first-order chi connectivity index (χ1) is 18.1. The molecule has 1 atom stereocenters. The molecule has 0 aliphatic heterocycles. The van der Waals surface area contributed by atoms with Crippen molar-refractivity contribution in [3.63, 3.8) is 0 Å². The molecule has 0 aromatic heterocycles. The molecule has 0 saturated heterocycles. The lowest BCUT2D eigenvalue weighted by Crippen LogP contribution is -2.53. The fourth-order valence-electron chi connectivity index (χ4n) is 4.68.